The molecule has 4 rings (SSSR count). The summed E-state index contributed by atoms with van der Waals surface area (Å²) in [4.78, 5) is 6.70. The molecule has 2 aromatic heterocycles. The largest absolute Gasteiger partial charge is 0.352 e. The summed E-state index contributed by atoms with van der Waals surface area (Å²) >= 11 is 5.63. The summed E-state index contributed by atoms with van der Waals surface area (Å²) in [7, 11) is 0. The first kappa shape index (κ1) is 17.7. The van der Waals surface area contributed by atoms with Gasteiger partial charge in [-0.1, -0.05) is 18.2 Å². The summed E-state index contributed by atoms with van der Waals surface area (Å²) in [5.41, 5.74) is 2.41. The molecule has 3 aromatic rings. The van der Waals surface area contributed by atoms with Crippen molar-refractivity contribution < 1.29 is 4.39 Å². The number of para-hydroxylation sites is 1. The van der Waals surface area contributed by atoms with E-state index >= 15 is 0 Å². The highest BCUT2D eigenvalue weighted by Crippen LogP contribution is 2.40. The zero-order valence-corrected chi connectivity index (χ0v) is 16.0. The van der Waals surface area contributed by atoms with E-state index in [0.717, 1.165) is 11.4 Å². The lowest BCUT2D eigenvalue weighted by molar-refractivity contribution is 0.262. The van der Waals surface area contributed by atoms with E-state index in [4.69, 9.17) is 12.2 Å². The summed E-state index contributed by atoms with van der Waals surface area (Å²) in [5.74, 6) is -0.256. The molecule has 0 bridgehead atoms. The fourth-order valence-electron chi connectivity index (χ4n) is 3.74. The van der Waals surface area contributed by atoms with Gasteiger partial charge in [-0.15, -0.1) is 0 Å². The van der Waals surface area contributed by atoms with Crippen molar-refractivity contribution in [3.63, 3.8) is 0 Å². The molecule has 1 fully saturated rings. The third kappa shape index (κ3) is 3.10. The van der Waals surface area contributed by atoms with Crippen molar-refractivity contribution in [3.05, 3.63) is 84.2 Å². The highest BCUT2D eigenvalue weighted by Gasteiger charge is 2.42. The highest BCUT2D eigenvalue weighted by molar-refractivity contribution is 7.80. The maximum Gasteiger partial charge on any atom is 0.170 e. The van der Waals surface area contributed by atoms with E-state index in [1.54, 1.807) is 18.3 Å². The number of halogens is 1. The average Bonchev–Trinajstić information content (AvgIpc) is 3.26. The monoisotopic (exact) mass is 380 g/mol. The van der Waals surface area contributed by atoms with Gasteiger partial charge < -0.3 is 14.8 Å². The van der Waals surface area contributed by atoms with Gasteiger partial charge in [0.15, 0.2) is 5.11 Å². The van der Waals surface area contributed by atoms with Gasteiger partial charge in [-0.05, 0) is 62.5 Å². The number of benzene rings is 1. The van der Waals surface area contributed by atoms with Crippen molar-refractivity contribution in [1.82, 2.24) is 19.8 Å². The summed E-state index contributed by atoms with van der Waals surface area (Å²) in [5, 5.41) is 4.11. The van der Waals surface area contributed by atoms with Crippen molar-refractivity contribution in [2.45, 2.75) is 32.0 Å². The molecule has 3 heterocycles. The van der Waals surface area contributed by atoms with Crippen LogP contribution in [0.3, 0.4) is 0 Å². The Morgan fingerprint density at radius 1 is 1.07 bits per heavy atom. The minimum Gasteiger partial charge on any atom is -0.352 e. The smallest absolute Gasteiger partial charge is 0.170 e. The molecule has 0 radical (unpaired) electrons. The van der Waals surface area contributed by atoms with Gasteiger partial charge in [0.05, 0.1) is 23.5 Å². The lowest BCUT2D eigenvalue weighted by Crippen LogP contribution is -2.36. The fraction of sp³-hybridized carbons (Fsp3) is 0.238. The molecular formula is C21H21FN4S. The molecule has 1 N–H and O–H groups in total. The Labute approximate surface area is 163 Å². The van der Waals surface area contributed by atoms with Gasteiger partial charge in [-0.3, -0.25) is 4.98 Å². The molecule has 1 aliphatic heterocycles. The molecule has 0 amide bonds. The quantitative estimate of drug-likeness (QED) is 0.681. The van der Waals surface area contributed by atoms with Crippen molar-refractivity contribution >= 4 is 17.3 Å². The minimum absolute atomic E-state index is 0.0954. The third-order valence-corrected chi connectivity index (χ3v) is 5.22. The first-order valence-electron chi connectivity index (χ1n) is 9.00. The number of nitrogens with zero attached hydrogens (tertiary/aromatic N) is 3. The summed E-state index contributed by atoms with van der Waals surface area (Å²) < 4.78 is 16.4. The van der Waals surface area contributed by atoms with Crippen LogP contribution < -0.4 is 5.32 Å². The molecule has 4 nitrogen and oxygen atoms in total. The van der Waals surface area contributed by atoms with Crippen LogP contribution >= 0.6 is 12.2 Å². The van der Waals surface area contributed by atoms with E-state index in [-0.39, 0.29) is 23.9 Å². The normalized spacial score (nSPS) is 19.6. The number of pyridine rings is 1. The van der Waals surface area contributed by atoms with Gasteiger partial charge in [0.1, 0.15) is 5.82 Å². The lowest BCUT2D eigenvalue weighted by atomic mass is 10.0. The summed E-state index contributed by atoms with van der Waals surface area (Å²) in [6.45, 7) is 4.22. The highest BCUT2D eigenvalue weighted by atomic mass is 32.1. The number of rotatable bonds is 4. The molecule has 0 aliphatic carbocycles. The number of hydrogen-bond acceptors (Lipinski definition) is 2. The molecule has 1 aromatic carbocycles. The van der Waals surface area contributed by atoms with E-state index in [0.29, 0.717) is 10.8 Å². The molecule has 0 spiro atoms. The number of aromatic nitrogens is 2. The molecule has 6 heteroatoms. The molecule has 2 atom stereocenters. The summed E-state index contributed by atoms with van der Waals surface area (Å²) in [6, 6.07) is 16.6. The fourth-order valence-corrected chi connectivity index (χ4v) is 4.19. The first-order chi connectivity index (χ1) is 13.1. The van der Waals surface area contributed by atoms with Gasteiger partial charge in [-0.25, -0.2) is 4.39 Å². The van der Waals surface area contributed by atoms with E-state index in [1.807, 2.05) is 47.2 Å². The van der Waals surface area contributed by atoms with Crippen LogP contribution in [0.1, 0.15) is 37.3 Å². The van der Waals surface area contributed by atoms with Crippen molar-refractivity contribution in [2.75, 3.05) is 0 Å². The van der Waals surface area contributed by atoms with E-state index in [2.05, 4.69) is 29.0 Å². The van der Waals surface area contributed by atoms with Crippen LogP contribution in [0.4, 0.5) is 4.39 Å². The second-order valence-electron chi connectivity index (χ2n) is 6.88. The number of thiocarbonyl (C=S) groups is 1. The average molecular weight is 380 g/mol. The molecule has 27 heavy (non-hydrogen) atoms. The van der Waals surface area contributed by atoms with Crippen LogP contribution in [0, 0.1) is 5.82 Å². The molecule has 1 aliphatic rings. The van der Waals surface area contributed by atoms with Gasteiger partial charge in [0, 0.05) is 24.1 Å². The van der Waals surface area contributed by atoms with Crippen LogP contribution in [0.15, 0.2) is 67.0 Å². The Kier molecular flexibility index (Phi) is 4.66. The Morgan fingerprint density at radius 2 is 1.85 bits per heavy atom. The molecular weight excluding hydrogens is 359 g/mol. The van der Waals surface area contributed by atoms with E-state index < -0.39 is 0 Å². The zero-order valence-electron chi connectivity index (χ0n) is 15.2. The second-order valence-corrected chi connectivity index (χ2v) is 7.27. The predicted molar refractivity (Wildman–Crippen MR) is 108 cm³/mol. The predicted octanol–water partition coefficient (Wildman–Crippen LogP) is 4.39. The third-order valence-electron chi connectivity index (χ3n) is 4.89. The standard InChI is InChI=1S/C21H21FN4S/c1-14(2)26-20(19(24-21(26)27)16-9-5-6-12-23-16)18-11-7-13-25(18)17-10-4-3-8-15(17)22/h3-14,19-20H,1-2H3,(H,24,27). The Hall–Kier alpha value is -2.73. The number of hydrogen-bond donors (Lipinski definition) is 1. The van der Waals surface area contributed by atoms with E-state index in [1.165, 1.54) is 6.07 Å². The lowest BCUT2D eigenvalue weighted by Gasteiger charge is -2.31. The molecule has 2 unspecified atom stereocenters. The van der Waals surface area contributed by atoms with Gasteiger partial charge >= 0.3 is 0 Å². The Bertz CT molecular complexity index is 954. The topological polar surface area (TPSA) is 33.1 Å². The summed E-state index contributed by atoms with van der Waals surface area (Å²) in [6.07, 6.45) is 3.67. The molecule has 0 saturated carbocycles. The van der Waals surface area contributed by atoms with Gasteiger partial charge in [0.2, 0.25) is 0 Å². The minimum atomic E-state index is -0.256. The van der Waals surface area contributed by atoms with Crippen molar-refractivity contribution in [2.24, 2.45) is 0 Å². The van der Waals surface area contributed by atoms with Crippen LogP contribution in [0.2, 0.25) is 0 Å². The Balaban J connectivity index is 1.86. The first-order valence-corrected chi connectivity index (χ1v) is 9.40. The Morgan fingerprint density at radius 3 is 2.56 bits per heavy atom. The van der Waals surface area contributed by atoms with Gasteiger partial charge in [-0.2, -0.15) is 0 Å². The van der Waals surface area contributed by atoms with E-state index in [9.17, 15) is 4.39 Å². The van der Waals surface area contributed by atoms with Crippen molar-refractivity contribution in [3.8, 4) is 5.69 Å². The second kappa shape index (κ2) is 7.12. The molecule has 138 valence electrons. The van der Waals surface area contributed by atoms with Crippen LogP contribution in [0.25, 0.3) is 5.69 Å². The van der Waals surface area contributed by atoms with Crippen LogP contribution in [-0.4, -0.2) is 25.6 Å². The number of nitrogens with one attached hydrogen (secondary N) is 1. The van der Waals surface area contributed by atoms with Crippen molar-refractivity contribution in [1.29, 1.82) is 0 Å². The zero-order chi connectivity index (χ0) is 19.0. The maximum atomic E-state index is 14.5. The molecule has 1 saturated heterocycles. The SMILES string of the molecule is CC(C)N1C(=S)NC(c2ccccn2)C1c1cccn1-c1ccccc1F. The maximum absolute atomic E-state index is 14.5. The van der Waals surface area contributed by atoms with Gasteiger partial charge in [0.25, 0.3) is 0 Å². The van der Waals surface area contributed by atoms with Crippen LogP contribution in [0.5, 0.6) is 0 Å². The van der Waals surface area contributed by atoms with Crippen LogP contribution in [-0.2, 0) is 0 Å².